The number of hydrogen-bond donors (Lipinski definition) is 2. The van der Waals surface area contributed by atoms with E-state index in [0.29, 0.717) is 39.5 Å². The number of nitrogens with zero attached hydrogens (tertiary/aromatic N) is 1. The number of carbonyl (C=O) groups is 2. The zero-order valence-electron chi connectivity index (χ0n) is 17.5. The smallest absolute Gasteiger partial charge is 0.407 e. The van der Waals surface area contributed by atoms with Crippen molar-refractivity contribution in [2.45, 2.75) is 5.92 Å². The number of benzene rings is 2. The predicted octanol–water partition coefficient (Wildman–Crippen LogP) is 3.11. The summed E-state index contributed by atoms with van der Waals surface area (Å²) in [5.74, 6) is -0.223. The number of amides is 2. The Bertz CT molecular complexity index is 869. The highest BCUT2D eigenvalue weighted by molar-refractivity contribution is 5.86. The van der Waals surface area contributed by atoms with Crippen LogP contribution >= 0.6 is 0 Å². The van der Waals surface area contributed by atoms with E-state index in [0.717, 1.165) is 11.1 Å². The van der Waals surface area contributed by atoms with Crippen LogP contribution in [-0.2, 0) is 14.3 Å². The standard InChI is InChI=1S/C24H28N2O5/c1-2-23(27)25-11-13-30-15-16-31-14-12-26(24(28)29)17-22-20-9-5-3-7-18(20)19-8-4-6-10-21(19)22/h2-10,22H,1,11-17H2,(H,25,27)(H,28,29). The highest BCUT2D eigenvalue weighted by Gasteiger charge is 2.30. The van der Waals surface area contributed by atoms with Crippen molar-refractivity contribution in [3.05, 3.63) is 72.3 Å². The summed E-state index contributed by atoms with van der Waals surface area (Å²) in [7, 11) is 0. The van der Waals surface area contributed by atoms with Gasteiger partial charge in [-0.2, -0.15) is 0 Å². The van der Waals surface area contributed by atoms with Gasteiger partial charge in [-0.1, -0.05) is 55.1 Å². The second-order valence-corrected chi connectivity index (χ2v) is 7.18. The molecule has 0 spiro atoms. The van der Waals surface area contributed by atoms with Crippen LogP contribution in [0.25, 0.3) is 11.1 Å². The van der Waals surface area contributed by atoms with E-state index in [1.807, 2.05) is 24.3 Å². The first-order chi connectivity index (χ1) is 15.1. The fourth-order valence-electron chi connectivity index (χ4n) is 3.76. The molecule has 0 aliphatic heterocycles. The fraction of sp³-hybridized carbons (Fsp3) is 0.333. The molecular formula is C24H28N2O5. The number of fused-ring (bicyclic) bond motifs is 3. The summed E-state index contributed by atoms with van der Waals surface area (Å²) in [5, 5.41) is 12.3. The fourth-order valence-corrected chi connectivity index (χ4v) is 3.76. The summed E-state index contributed by atoms with van der Waals surface area (Å²) in [5.41, 5.74) is 4.66. The first-order valence-corrected chi connectivity index (χ1v) is 10.3. The molecule has 2 aromatic carbocycles. The van der Waals surface area contributed by atoms with E-state index in [2.05, 4.69) is 36.2 Å². The average Bonchev–Trinajstić information content (AvgIpc) is 3.10. The maximum absolute atomic E-state index is 11.8. The SMILES string of the molecule is C=CC(=O)NCCOCCOCCN(CC1c2ccccc2-c2ccccc21)C(=O)O. The molecule has 1 aliphatic rings. The van der Waals surface area contributed by atoms with Crippen LogP contribution in [0.5, 0.6) is 0 Å². The molecule has 1 aliphatic carbocycles. The Morgan fingerprint density at radius 3 is 2.13 bits per heavy atom. The Morgan fingerprint density at radius 1 is 0.968 bits per heavy atom. The van der Waals surface area contributed by atoms with Crippen molar-refractivity contribution in [3.8, 4) is 11.1 Å². The minimum absolute atomic E-state index is 0.0117. The second kappa shape index (κ2) is 11.3. The maximum atomic E-state index is 11.8. The molecule has 0 heterocycles. The van der Waals surface area contributed by atoms with Crippen molar-refractivity contribution in [3.63, 3.8) is 0 Å². The maximum Gasteiger partial charge on any atom is 0.407 e. The molecule has 164 valence electrons. The first kappa shape index (κ1) is 22.5. The van der Waals surface area contributed by atoms with Crippen LogP contribution in [-0.4, -0.2) is 68.1 Å². The molecule has 0 fully saturated rings. The summed E-state index contributed by atoms with van der Waals surface area (Å²) >= 11 is 0. The van der Waals surface area contributed by atoms with Gasteiger partial charge in [0.25, 0.3) is 0 Å². The van der Waals surface area contributed by atoms with E-state index in [-0.39, 0.29) is 18.4 Å². The van der Waals surface area contributed by atoms with Crippen LogP contribution in [0, 0.1) is 0 Å². The summed E-state index contributed by atoms with van der Waals surface area (Å²) in [4.78, 5) is 24.2. The van der Waals surface area contributed by atoms with Crippen molar-refractivity contribution in [2.75, 3.05) is 46.1 Å². The quantitative estimate of drug-likeness (QED) is 0.404. The van der Waals surface area contributed by atoms with Crippen LogP contribution in [0.2, 0.25) is 0 Å². The van der Waals surface area contributed by atoms with E-state index in [4.69, 9.17) is 9.47 Å². The molecule has 0 bridgehead atoms. The van der Waals surface area contributed by atoms with Gasteiger partial charge in [-0.25, -0.2) is 4.79 Å². The van der Waals surface area contributed by atoms with Crippen molar-refractivity contribution in [1.82, 2.24) is 10.2 Å². The lowest BCUT2D eigenvalue weighted by Crippen LogP contribution is -2.36. The second-order valence-electron chi connectivity index (χ2n) is 7.18. The zero-order valence-corrected chi connectivity index (χ0v) is 17.5. The zero-order chi connectivity index (χ0) is 22.1. The van der Waals surface area contributed by atoms with E-state index in [1.165, 1.54) is 22.1 Å². The van der Waals surface area contributed by atoms with Gasteiger partial charge in [-0.3, -0.25) is 4.79 Å². The molecule has 0 atom stereocenters. The average molecular weight is 424 g/mol. The Labute approximate surface area is 182 Å². The summed E-state index contributed by atoms with van der Waals surface area (Å²) in [6.45, 7) is 5.85. The van der Waals surface area contributed by atoms with Gasteiger partial charge in [-0.15, -0.1) is 0 Å². The third-order valence-corrected chi connectivity index (χ3v) is 5.24. The normalized spacial score (nSPS) is 12.1. The monoisotopic (exact) mass is 424 g/mol. The Hall–Kier alpha value is -3.16. The van der Waals surface area contributed by atoms with E-state index >= 15 is 0 Å². The van der Waals surface area contributed by atoms with Crippen LogP contribution < -0.4 is 5.32 Å². The van der Waals surface area contributed by atoms with Gasteiger partial charge in [0.05, 0.1) is 26.4 Å². The highest BCUT2D eigenvalue weighted by atomic mass is 16.5. The van der Waals surface area contributed by atoms with Crippen molar-refractivity contribution in [2.24, 2.45) is 0 Å². The number of rotatable bonds is 12. The third-order valence-electron chi connectivity index (χ3n) is 5.24. The summed E-state index contributed by atoms with van der Waals surface area (Å²) in [6, 6.07) is 16.3. The van der Waals surface area contributed by atoms with Crippen LogP contribution in [0.3, 0.4) is 0 Å². The molecule has 7 nitrogen and oxygen atoms in total. The molecule has 31 heavy (non-hydrogen) atoms. The predicted molar refractivity (Wildman–Crippen MR) is 118 cm³/mol. The molecule has 3 rings (SSSR count). The minimum atomic E-state index is -0.959. The third kappa shape index (κ3) is 5.93. The van der Waals surface area contributed by atoms with Gasteiger partial charge in [0.15, 0.2) is 0 Å². The van der Waals surface area contributed by atoms with Gasteiger partial charge in [0.2, 0.25) is 5.91 Å². The van der Waals surface area contributed by atoms with E-state index in [1.54, 1.807) is 0 Å². The number of ether oxygens (including phenoxy) is 2. The molecule has 0 saturated heterocycles. The minimum Gasteiger partial charge on any atom is -0.465 e. The lowest BCUT2D eigenvalue weighted by atomic mass is 9.96. The van der Waals surface area contributed by atoms with Crippen molar-refractivity contribution < 1.29 is 24.2 Å². The lowest BCUT2D eigenvalue weighted by molar-refractivity contribution is -0.116. The van der Waals surface area contributed by atoms with Crippen LogP contribution in [0.4, 0.5) is 4.79 Å². The summed E-state index contributed by atoms with van der Waals surface area (Å²) < 4.78 is 10.9. The molecule has 2 amide bonds. The topological polar surface area (TPSA) is 88.1 Å². The Balaban J connectivity index is 1.45. The molecule has 7 heteroatoms. The number of nitrogens with one attached hydrogen (secondary N) is 1. The van der Waals surface area contributed by atoms with Gasteiger partial charge >= 0.3 is 6.09 Å². The largest absolute Gasteiger partial charge is 0.465 e. The molecule has 0 aromatic heterocycles. The van der Waals surface area contributed by atoms with Gasteiger partial charge < -0.3 is 24.8 Å². The van der Waals surface area contributed by atoms with Gasteiger partial charge in [0.1, 0.15) is 0 Å². The van der Waals surface area contributed by atoms with Crippen LogP contribution in [0.1, 0.15) is 17.0 Å². The number of hydrogen-bond acceptors (Lipinski definition) is 4. The van der Waals surface area contributed by atoms with Crippen molar-refractivity contribution in [1.29, 1.82) is 0 Å². The van der Waals surface area contributed by atoms with Gasteiger partial charge in [0, 0.05) is 25.6 Å². The molecular weight excluding hydrogens is 396 g/mol. The van der Waals surface area contributed by atoms with E-state index < -0.39 is 6.09 Å². The molecule has 2 aromatic rings. The molecule has 0 unspecified atom stereocenters. The lowest BCUT2D eigenvalue weighted by Gasteiger charge is -2.24. The highest BCUT2D eigenvalue weighted by Crippen LogP contribution is 2.44. The number of carbonyl (C=O) groups excluding carboxylic acids is 1. The molecule has 0 saturated carbocycles. The first-order valence-electron chi connectivity index (χ1n) is 10.3. The van der Waals surface area contributed by atoms with Crippen molar-refractivity contribution >= 4 is 12.0 Å². The Morgan fingerprint density at radius 2 is 1.55 bits per heavy atom. The molecule has 0 radical (unpaired) electrons. The van der Waals surface area contributed by atoms with Crippen LogP contribution in [0.15, 0.2) is 61.2 Å². The Kier molecular flexibility index (Phi) is 8.20. The number of carboxylic acid groups (broad SMARTS) is 1. The summed E-state index contributed by atoms with van der Waals surface area (Å²) in [6.07, 6.45) is 0.250. The van der Waals surface area contributed by atoms with Gasteiger partial charge in [-0.05, 0) is 28.3 Å². The molecule has 2 N–H and O–H groups in total. The van der Waals surface area contributed by atoms with E-state index in [9.17, 15) is 14.7 Å².